The number of allylic oxidation sites excluding steroid dienone is 2. The van der Waals surface area contributed by atoms with Crippen LogP contribution in [0.1, 0.15) is 118 Å². The second-order valence-corrected chi connectivity index (χ2v) is 12.7. The molecule has 1 nitrogen and oxygen atoms in total. The van der Waals surface area contributed by atoms with Gasteiger partial charge in [-0.15, -0.1) is 0 Å². The van der Waals surface area contributed by atoms with E-state index in [4.69, 9.17) is 5.73 Å². The van der Waals surface area contributed by atoms with E-state index in [1.54, 1.807) is 0 Å². The van der Waals surface area contributed by atoms with Crippen LogP contribution in [0.4, 0.5) is 0 Å². The summed E-state index contributed by atoms with van der Waals surface area (Å²) in [4.78, 5) is 0. The summed E-state index contributed by atoms with van der Waals surface area (Å²) in [5.41, 5.74) is 6.14. The van der Waals surface area contributed by atoms with E-state index in [1.807, 2.05) is 0 Å². The van der Waals surface area contributed by atoms with Gasteiger partial charge >= 0.3 is 0 Å². The number of alkyl halides is 1. The number of rotatable bonds is 13. The number of nitrogens with two attached hydrogens (primary N) is 1. The molecule has 2 N–H and O–H groups in total. The molecule has 0 radical (unpaired) electrons. The Morgan fingerprint density at radius 2 is 1.71 bits per heavy atom. The number of halogens is 1. The lowest BCUT2D eigenvalue weighted by Crippen LogP contribution is -2.23. The topological polar surface area (TPSA) is 26.0 Å². The van der Waals surface area contributed by atoms with Crippen molar-refractivity contribution in [2.45, 2.75) is 122 Å². The maximum absolute atomic E-state index is 6.14. The zero-order valence-corrected chi connectivity index (χ0v) is 23.5. The van der Waals surface area contributed by atoms with Crippen molar-refractivity contribution < 1.29 is 0 Å². The maximum Gasteiger partial charge on any atom is 0.0140 e. The van der Waals surface area contributed by atoms with Crippen molar-refractivity contribution in [2.75, 3.05) is 6.54 Å². The third-order valence-electron chi connectivity index (χ3n) is 8.81. The molecule has 31 heavy (non-hydrogen) atoms. The Balaban J connectivity index is 2.06. The molecular weight excluding hydrogens is 489 g/mol. The molecule has 8 atom stereocenters. The quantitative estimate of drug-likeness (QED) is 0.107. The number of hydrogen-bond acceptors (Lipinski definition) is 1. The van der Waals surface area contributed by atoms with E-state index in [2.05, 4.69) is 62.4 Å². The van der Waals surface area contributed by atoms with Gasteiger partial charge in [-0.3, -0.25) is 0 Å². The van der Waals surface area contributed by atoms with Gasteiger partial charge in [0.15, 0.2) is 0 Å². The molecule has 2 fully saturated rings. The molecule has 0 saturated heterocycles. The molecule has 0 spiro atoms. The average molecular weight is 544 g/mol. The van der Waals surface area contributed by atoms with Gasteiger partial charge in [0, 0.05) is 3.92 Å². The molecule has 0 aromatic carbocycles. The van der Waals surface area contributed by atoms with Crippen LogP contribution in [0.15, 0.2) is 12.2 Å². The fourth-order valence-electron chi connectivity index (χ4n) is 7.11. The zero-order chi connectivity index (χ0) is 22.6. The maximum atomic E-state index is 6.14. The second kappa shape index (κ2) is 15.4. The van der Waals surface area contributed by atoms with Crippen molar-refractivity contribution >= 4 is 22.6 Å². The first-order valence-corrected chi connectivity index (χ1v) is 15.3. The Morgan fingerprint density at radius 3 is 2.35 bits per heavy atom. The molecule has 2 saturated carbocycles. The Morgan fingerprint density at radius 1 is 0.935 bits per heavy atom. The molecule has 2 aliphatic carbocycles. The molecule has 0 amide bonds. The second-order valence-electron chi connectivity index (χ2n) is 11.1. The summed E-state index contributed by atoms with van der Waals surface area (Å²) < 4.78 is 0.904. The van der Waals surface area contributed by atoms with Gasteiger partial charge in [0.2, 0.25) is 0 Å². The van der Waals surface area contributed by atoms with Crippen LogP contribution in [0, 0.1) is 41.4 Å². The molecule has 0 heterocycles. The van der Waals surface area contributed by atoms with Gasteiger partial charge < -0.3 is 5.73 Å². The minimum Gasteiger partial charge on any atom is -0.330 e. The fraction of sp³-hybridized carbons (Fsp3) is 0.931. The SMILES string of the molecule is CC/C=C\C1CC(CC(CN)CCC)CC1CC(CCC)C1CCCC(CC)C(I)C1. The highest BCUT2D eigenvalue weighted by Gasteiger charge is 2.37. The zero-order valence-electron chi connectivity index (χ0n) is 21.3. The molecule has 182 valence electrons. The van der Waals surface area contributed by atoms with Gasteiger partial charge in [0.25, 0.3) is 0 Å². The summed E-state index contributed by atoms with van der Waals surface area (Å²) in [7, 11) is 0. The van der Waals surface area contributed by atoms with Crippen LogP contribution >= 0.6 is 22.6 Å². The molecule has 0 bridgehead atoms. The molecule has 0 aromatic rings. The van der Waals surface area contributed by atoms with Crippen LogP contribution in [-0.4, -0.2) is 10.5 Å². The summed E-state index contributed by atoms with van der Waals surface area (Å²) in [6.07, 6.45) is 24.8. The first-order chi connectivity index (χ1) is 15.1. The smallest absolute Gasteiger partial charge is 0.0140 e. The molecular formula is C29H54IN. The molecule has 0 aromatic heterocycles. The third kappa shape index (κ3) is 8.95. The number of hydrogen-bond donors (Lipinski definition) is 1. The standard InChI is InChI=1S/C29H54IN/c1-5-9-13-26-17-23(16-22(21-31)11-6-2)18-28(26)19-25(12-7-3)27-15-10-14-24(8-4)29(30)20-27/h9,13,22-29H,5-8,10-12,14-21,31H2,1-4H3/b13-9-. The Labute approximate surface area is 209 Å². The first-order valence-electron chi connectivity index (χ1n) is 14.1. The Kier molecular flexibility index (Phi) is 13.7. The van der Waals surface area contributed by atoms with Gasteiger partial charge in [0.1, 0.15) is 0 Å². The van der Waals surface area contributed by atoms with Crippen LogP contribution in [0.5, 0.6) is 0 Å². The molecule has 0 aliphatic heterocycles. The summed E-state index contributed by atoms with van der Waals surface area (Å²) in [5.74, 6) is 6.32. The van der Waals surface area contributed by atoms with Gasteiger partial charge in [-0.25, -0.2) is 0 Å². The van der Waals surface area contributed by atoms with E-state index in [-0.39, 0.29) is 0 Å². The minimum absolute atomic E-state index is 0.753. The van der Waals surface area contributed by atoms with Crippen LogP contribution in [0.25, 0.3) is 0 Å². The lowest BCUT2D eigenvalue weighted by Gasteiger charge is -2.31. The van der Waals surface area contributed by atoms with Crippen molar-refractivity contribution in [3.05, 3.63) is 12.2 Å². The monoisotopic (exact) mass is 543 g/mol. The summed E-state index contributed by atoms with van der Waals surface area (Å²) in [5, 5.41) is 0. The van der Waals surface area contributed by atoms with E-state index in [0.717, 1.165) is 51.9 Å². The fourth-order valence-corrected chi connectivity index (χ4v) is 8.64. The van der Waals surface area contributed by atoms with Crippen molar-refractivity contribution in [1.82, 2.24) is 0 Å². The molecule has 2 aliphatic rings. The van der Waals surface area contributed by atoms with E-state index in [9.17, 15) is 0 Å². The van der Waals surface area contributed by atoms with E-state index in [0.29, 0.717) is 0 Å². The normalized spacial score (nSPS) is 34.1. The molecule has 8 unspecified atom stereocenters. The van der Waals surface area contributed by atoms with Gasteiger partial charge in [0.05, 0.1) is 0 Å². The largest absolute Gasteiger partial charge is 0.330 e. The van der Waals surface area contributed by atoms with E-state index < -0.39 is 0 Å². The van der Waals surface area contributed by atoms with Crippen molar-refractivity contribution in [3.63, 3.8) is 0 Å². The van der Waals surface area contributed by atoms with Crippen LogP contribution < -0.4 is 5.73 Å². The van der Waals surface area contributed by atoms with Crippen LogP contribution in [-0.2, 0) is 0 Å². The summed E-state index contributed by atoms with van der Waals surface area (Å²) >= 11 is 2.81. The van der Waals surface area contributed by atoms with Gasteiger partial charge in [-0.05, 0) is 99.3 Å². The van der Waals surface area contributed by atoms with Crippen molar-refractivity contribution in [1.29, 1.82) is 0 Å². The highest BCUT2D eigenvalue weighted by Crippen LogP contribution is 2.47. The third-order valence-corrected chi connectivity index (χ3v) is 10.3. The van der Waals surface area contributed by atoms with Crippen LogP contribution in [0.3, 0.4) is 0 Å². The average Bonchev–Trinajstić information content (AvgIpc) is 3.03. The predicted molar refractivity (Wildman–Crippen MR) is 148 cm³/mol. The lowest BCUT2D eigenvalue weighted by atomic mass is 9.75. The first kappa shape index (κ1) is 27.7. The highest BCUT2D eigenvalue weighted by molar-refractivity contribution is 14.1. The molecule has 2 heteroatoms. The molecule has 2 rings (SSSR count). The Hall–Kier alpha value is 0.430. The van der Waals surface area contributed by atoms with Crippen molar-refractivity contribution in [2.24, 2.45) is 47.2 Å². The Bertz CT molecular complexity index is 489. The summed E-state index contributed by atoms with van der Waals surface area (Å²) in [6.45, 7) is 10.3. The van der Waals surface area contributed by atoms with Crippen molar-refractivity contribution in [3.8, 4) is 0 Å². The van der Waals surface area contributed by atoms with Gasteiger partial charge in [-0.1, -0.05) is 101 Å². The van der Waals surface area contributed by atoms with Gasteiger partial charge in [-0.2, -0.15) is 0 Å². The van der Waals surface area contributed by atoms with E-state index in [1.165, 1.54) is 89.9 Å². The predicted octanol–water partition coefficient (Wildman–Crippen LogP) is 9.19. The van der Waals surface area contributed by atoms with Crippen LogP contribution in [0.2, 0.25) is 0 Å². The highest BCUT2D eigenvalue weighted by atomic mass is 127. The minimum atomic E-state index is 0.753. The summed E-state index contributed by atoms with van der Waals surface area (Å²) in [6, 6.07) is 0. The lowest BCUT2D eigenvalue weighted by molar-refractivity contribution is 0.215. The van der Waals surface area contributed by atoms with E-state index >= 15 is 0 Å².